The van der Waals surface area contributed by atoms with Crippen LogP contribution in [0, 0.1) is 0 Å². The van der Waals surface area contributed by atoms with Crippen molar-refractivity contribution in [2.75, 3.05) is 0 Å². The van der Waals surface area contributed by atoms with Gasteiger partial charge in [0.2, 0.25) is 0 Å². The fourth-order valence-corrected chi connectivity index (χ4v) is 5.33. The molecular formula is C23H24N4O5. The Morgan fingerprint density at radius 1 is 1.19 bits per heavy atom. The van der Waals surface area contributed by atoms with Crippen molar-refractivity contribution in [3.8, 4) is 0 Å². The standard InChI is InChI=1S/C23H24N4O5/c1-23(2)31-17-18(32-23)21(30-19(17)22(28)29)27-11-26-16-15(24-10-25-20(16)27)9-13-8-7-12-5-3-4-6-14(12)13/h3-6,10-11,13,17-19,21H,7-9H2,1-2H3,(H,28,29)/t13-,17+,18-,19+,21-/m1/s1. The summed E-state index contributed by atoms with van der Waals surface area (Å²) in [6.45, 7) is 3.54. The normalized spacial score (nSPS) is 30.5. The zero-order valence-corrected chi connectivity index (χ0v) is 17.8. The highest BCUT2D eigenvalue weighted by molar-refractivity contribution is 5.75. The summed E-state index contributed by atoms with van der Waals surface area (Å²) >= 11 is 0. The number of hydrogen-bond acceptors (Lipinski definition) is 7. The summed E-state index contributed by atoms with van der Waals surface area (Å²) in [5, 5.41) is 9.63. The zero-order valence-electron chi connectivity index (χ0n) is 17.8. The van der Waals surface area contributed by atoms with E-state index in [1.54, 1.807) is 24.7 Å². The van der Waals surface area contributed by atoms with E-state index in [4.69, 9.17) is 14.2 Å². The Balaban J connectivity index is 1.34. The third-order valence-corrected chi connectivity index (χ3v) is 6.68. The highest BCUT2D eigenvalue weighted by atomic mass is 16.8. The number of benzene rings is 1. The number of carboxylic acids is 1. The average Bonchev–Trinajstić information content (AvgIpc) is 3.50. The molecule has 1 N–H and O–H groups in total. The fraction of sp³-hybridized carbons (Fsp3) is 0.478. The molecule has 2 fully saturated rings. The molecule has 5 atom stereocenters. The second kappa shape index (κ2) is 7.06. The van der Waals surface area contributed by atoms with Crippen molar-refractivity contribution in [2.45, 2.75) is 69.4 Å². The molecule has 3 aromatic rings. The number of carboxylic acid groups (broad SMARTS) is 1. The van der Waals surface area contributed by atoms with Crippen molar-refractivity contribution in [3.05, 3.63) is 53.7 Å². The first-order valence-corrected chi connectivity index (χ1v) is 10.9. The molecule has 4 heterocycles. The SMILES string of the molecule is CC1(C)O[C@@H]2[C@H](O1)[C@@H](C(=O)O)O[C@H]2n1cnc2c(C[C@H]3CCc4ccccc43)ncnc21. The molecule has 32 heavy (non-hydrogen) atoms. The molecule has 0 saturated carbocycles. The van der Waals surface area contributed by atoms with E-state index in [-0.39, 0.29) is 0 Å². The Bertz CT molecular complexity index is 1210. The van der Waals surface area contributed by atoms with Crippen molar-refractivity contribution >= 4 is 17.1 Å². The van der Waals surface area contributed by atoms with E-state index in [1.165, 1.54) is 17.5 Å². The minimum Gasteiger partial charge on any atom is -0.479 e. The Morgan fingerprint density at radius 3 is 2.84 bits per heavy atom. The van der Waals surface area contributed by atoms with E-state index < -0.39 is 36.3 Å². The average molecular weight is 436 g/mol. The number of hydrogen-bond donors (Lipinski definition) is 1. The number of imidazole rings is 1. The van der Waals surface area contributed by atoms with Crippen LogP contribution < -0.4 is 0 Å². The Morgan fingerprint density at radius 2 is 2.00 bits per heavy atom. The molecule has 1 aliphatic carbocycles. The van der Waals surface area contributed by atoms with Gasteiger partial charge in [-0.1, -0.05) is 24.3 Å². The maximum absolute atomic E-state index is 11.8. The molecule has 9 nitrogen and oxygen atoms in total. The van der Waals surface area contributed by atoms with Gasteiger partial charge in [0.15, 0.2) is 23.8 Å². The van der Waals surface area contributed by atoms with Gasteiger partial charge in [-0.3, -0.25) is 4.57 Å². The van der Waals surface area contributed by atoms with Crippen molar-refractivity contribution < 1.29 is 24.1 Å². The molecular weight excluding hydrogens is 412 g/mol. The van der Waals surface area contributed by atoms with Gasteiger partial charge >= 0.3 is 5.97 Å². The summed E-state index contributed by atoms with van der Waals surface area (Å²) in [5.41, 5.74) is 4.96. The highest BCUT2D eigenvalue weighted by Gasteiger charge is 2.58. The number of ether oxygens (including phenoxy) is 3. The van der Waals surface area contributed by atoms with E-state index in [0.717, 1.165) is 25.0 Å². The summed E-state index contributed by atoms with van der Waals surface area (Å²) < 4.78 is 19.5. The first-order valence-electron chi connectivity index (χ1n) is 10.9. The Labute approximate surface area is 184 Å². The molecule has 3 aliphatic rings. The third kappa shape index (κ3) is 3.03. The van der Waals surface area contributed by atoms with Crippen LogP contribution in [0.25, 0.3) is 11.2 Å². The van der Waals surface area contributed by atoms with Gasteiger partial charge in [0.1, 0.15) is 24.1 Å². The van der Waals surface area contributed by atoms with Gasteiger partial charge < -0.3 is 19.3 Å². The molecule has 0 radical (unpaired) electrons. The largest absolute Gasteiger partial charge is 0.479 e. The van der Waals surface area contributed by atoms with Crippen LogP contribution in [0.3, 0.4) is 0 Å². The zero-order chi connectivity index (χ0) is 22.0. The minimum absolute atomic E-state index is 0.394. The molecule has 2 saturated heterocycles. The van der Waals surface area contributed by atoms with Gasteiger partial charge in [0.05, 0.1) is 12.0 Å². The van der Waals surface area contributed by atoms with Crippen molar-refractivity contribution in [1.82, 2.24) is 19.5 Å². The number of fused-ring (bicyclic) bond motifs is 3. The summed E-state index contributed by atoms with van der Waals surface area (Å²) in [6, 6.07) is 8.56. The molecule has 166 valence electrons. The first-order chi connectivity index (χ1) is 15.4. The monoisotopic (exact) mass is 436 g/mol. The van der Waals surface area contributed by atoms with Crippen molar-refractivity contribution in [2.24, 2.45) is 0 Å². The van der Waals surface area contributed by atoms with Gasteiger partial charge in [-0.2, -0.15) is 0 Å². The van der Waals surface area contributed by atoms with Crippen molar-refractivity contribution in [1.29, 1.82) is 0 Å². The second-order valence-electron chi connectivity index (χ2n) is 9.13. The van der Waals surface area contributed by atoms with Crippen LogP contribution in [0.2, 0.25) is 0 Å². The molecule has 0 spiro atoms. The summed E-state index contributed by atoms with van der Waals surface area (Å²) in [5.74, 6) is -1.58. The number of aryl methyl sites for hydroxylation is 1. The second-order valence-corrected chi connectivity index (χ2v) is 9.13. The van der Waals surface area contributed by atoms with Crippen molar-refractivity contribution in [3.63, 3.8) is 0 Å². The number of aliphatic carboxylic acids is 1. The maximum atomic E-state index is 11.8. The lowest BCUT2D eigenvalue weighted by Gasteiger charge is -2.23. The maximum Gasteiger partial charge on any atom is 0.335 e. The number of carbonyl (C=O) groups is 1. The van der Waals surface area contributed by atoms with E-state index in [2.05, 4.69) is 39.2 Å². The lowest BCUT2D eigenvalue weighted by Crippen LogP contribution is -2.35. The molecule has 9 heteroatoms. The summed E-state index contributed by atoms with van der Waals surface area (Å²) in [7, 11) is 0. The van der Waals surface area contributed by atoms with Crippen LogP contribution in [-0.2, 0) is 31.8 Å². The highest BCUT2D eigenvalue weighted by Crippen LogP contribution is 2.44. The molecule has 6 rings (SSSR count). The van der Waals surface area contributed by atoms with E-state index in [9.17, 15) is 9.90 Å². The lowest BCUT2D eigenvalue weighted by atomic mass is 9.96. The number of aromatic nitrogens is 4. The Kier molecular flexibility index (Phi) is 4.36. The number of nitrogens with zero attached hydrogens (tertiary/aromatic N) is 4. The lowest BCUT2D eigenvalue weighted by molar-refractivity contribution is -0.202. The smallest absolute Gasteiger partial charge is 0.335 e. The molecule has 0 bridgehead atoms. The van der Waals surface area contributed by atoms with E-state index >= 15 is 0 Å². The van der Waals surface area contributed by atoms with Gasteiger partial charge in [-0.15, -0.1) is 0 Å². The topological polar surface area (TPSA) is 109 Å². The predicted molar refractivity (Wildman–Crippen MR) is 112 cm³/mol. The van der Waals surface area contributed by atoms with E-state index in [0.29, 0.717) is 17.1 Å². The summed E-state index contributed by atoms with van der Waals surface area (Å²) in [4.78, 5) is 25.4. The molecule has 1 aromatic carbocycles. The third-order valence-electron chi connectivity index (χ3n) is 6.68. The van der Waals surface area contributed by atoms with Gasteiger partial charge in [0.25, 0.3) is 0 Å². The van der Waals surface area contributed by atoms with Gasteiger partial charge in [0, 0.05) is 0 Å². The van der Waals surface area contributed by atoms with Crippen LogP contribution in [0.1, 0.15) is 49.2 Å². The molecule has 0 amide bonds. The van der Waals surface area contributed by atoms with Crippen LogP contribution in [0.5, 0.6) is 0 Å². The predicted octanol–water partition coefficient (Wildman–Crippen LogP) is 2.60. The van der Waals surface area contributed by atoms with Gasteiger partial charge in [-0.25, -0.2) is 19.7 Å². The van der Waals surface area contributed by atoms with Crippen LogP contribution in [-0.4, -0.2) is 54.7 Å². The summed E-state index contributed by atoms with van der Waals surface area (Å²) in [6.07, 6.45) is 2.98. The van der Waals surface area contributed by atoms with Crippen LogP contribution >= 0.6 is 0 Å². The number of rotatable bonds is 4. The van der Waals surface area contributed by atoms with E-state index in [1.807, 2.05) is 0 Å². The quantitative estimate of drug-likeness (QED) is 0.665. The van der Waals surface area contributed by atoms with Gasteiger partial charge in [-0.05, 0) is 50.2 Å². The Hall–Kier alpha value is -2.88. The van der Waals surface area contributed by atoms with Crippen LogP contribution in [0.15, 0.2) is 36.9 Å². The fourth-order valence-electron chi connectivity index (χ4n) is 5.33. The first kappa shape index (κ1) is 19.8. The molecule has 2 aromatic heterocycles. The molecule has 2 aliphatic heterocycles. The minimum atomic E-state index is -1.12. The van der Waals surface area contributed by atoms with Crippen LogP contribution in [0.4, 0.5) is 0 Å². The molecule has 0 unspecified atom stereocenters.